The number of benzene rings is 1. The third-order valence-electron chi connectivity index (χ3n) is 5.27. The summed E-state index contributed by atoms with van der Waals surface area (Å²) < 4.78 is 76.0. The summed E-state index contributed by atoms with van der Waals surface area (Å²) in [5, 5.41) is 4.37. The van der Waals surface area contributed by atoms with Crippen molar-refractivity contribution in [3.63, 3.8) is 0 Å². The van der Waals surface area contributed by atoms with Crippen molar-refractivity contribution in [3.8, 4) is 0 Å². The third kappa shape index (κ3) is 5.44. The topological polar surface area (TPSA) is 70.4 Å². The zero-order valence-electron chi connectivity index (χ0n) is 17.5. The lowest BCUT2D eigenvalue weighted by Crippen LogP contribution is -2.42. The first-order valence-electron chi connectivity index (χ1n) is 9.64. The number of hydrogen-bond acceptors (Lipinski definition) is 6. The number of nitrogens with zero attached hydrogens (tertiary/aromatic N) is 2. The number of sulfone groups is 1. The van der Waals surface area contributed by atoms with E-state index in [9.17, 15) is 21.6 Å². The zero-order valence-corrected chi connectivity index (χ0v) is 19.1. The van der Waals surface area contributed by atoms with E-state index in [0.717, 1.165) is 5.56 Å². The number of thioether (sulfide) groups is 1. The molecule has 0 bridgehead atoms. The number of ether oxygens (including phenoxy) is 2. The average Bonchev–Trinajstić information content (AvgIpc) is 3.09. The highest BCUT2D eigenvalue weighted by molar-refractivity contribution is 7.99. The first-order valence-corrected chi connectivity index (χ1v) is 12.1. The molecule has 1 saturated heterocycles. The molecule has 3 rings (SSSR count). The van der Waals surface area contributed by atoms with Gasteiger partial charge in [0.25, 0.3) is 0 Å². The van der Waals surface area contributed by atoms with Gasteiger partial charge in [0, 0.05) is 13.7 Å². The highest BCUT2D eigenvalue weighted by Gasteiger charge is 2.46. The van der Waals surface area contributed by atoms with Gasteiger partial charge in [0.15, 0.2) is 9.84 Å². The predicted octanol–water partition coefficient (Wildman–Crippen LogP) is 4.53. The fourth-order valence-electron chi connectivity index (χ4n) is 3.59. The number of hydrogen-bond donors (Lipinski definition) is 0. The quantitative estimate of drug-likeness (QED) is 0.545. The number of aryl methyl sites for hydroxylation is 1. The first kappa shape index (κ1) is 24.1. The molecule has 1 aromatic heterocycles. The maximum atomic E-state index is 13.4. The standard InChI is InChI=1S/C20H25F3N2O4S2/c1-14-5-4-6-15(9-14)31(26,27)19(2)7-8-29-17(11-19)16-10-18(24-25(16)13-28-3)30-12-20(21,22)23/h4-6,9-10,17H,7-8,11-13H2,1-3H3. The molecule has 1 fully saturated rings. The van der Waals surface area contributed by atoms with Crippen LogP contribution in [0.4, 0.5) is 13.2 Å². The van der Waals surface area contributed by atoms with Gasteiger partial charge in [-0.1, -0.05) is 23.9 Å². The van der Waals surface area contributed by atoms with Crippen LogP contribution in [-0.2, 0) is 26.0 Å². The van der Waals surface area contributed by atoms with E-state index in [0.29, 0.717) is 23.9 Å². The summed E-state index contributed by atoms with van der Waals surface area (Å²) >= 11 is 0.570. The summed E-state index contributed by atoms with van der Waals surface area (Å²) in [4.78, 5) is 0.252. The summed E-state index contributed by atoms with van der Waals surface area (Å²) in [7, 11) is -2.22. The minimum absolute atomic E-state index is 0.0170. The van der Waals surface area contributed by atoms with Crippen LogP contribution in [0, 0.1) is 6.92 Å². The van der Waals surface area contributed by atoms with Crippen LogP contribution in [0.5, 0.6) is 0 Å². The molecule has 31 heavy (non-hydrogen) atoms. The van der Waals surface area contributed by atoms with E-state index in [4.69, 9.17) is 9.47 Å². The number of aromatic nitrogens is 2. The maximum absolute atomic E-state index is 13.4. The van der Waals surface area contributed by atoms with Crippen molar-refractivity contribution in [3.05, 3.63) is 41.6 Å². The smallest absolute Gasteiger partial charge is 0.372 e. The molecule has 0 radical (unpaired) electrons. The molecule has 0 spiro atoms. The molecule has 0 amide bonds. The SMILES string of the molecule is COCn1nc(SCC(F)(F)F)cc1C1CC(C)(S(=O)(=O)c2cccc(C)c2)CCO1. The molecule has 2 atom stereocenters. The molecule has 0 aliphatic carbocycles. The number of rotatable bonds is 7. The Morgan fingerprint density at radius 2 is 2.10 bits per heavy atom. The van der Waals surface area contributed by atoms with Crippen LogP contribution in [0.2, 0.25) is 0 Å². The lowest BCUT2D eigenvalue weighted by molar-refractivity contribution is -0.105. The largest absolute Gasteiger partial charge is 0.398 e. The van der Waals surface area contributed by atoms with E-state index in [1.807, 2.05) is 13.0 Å². The number of methoxy groups -OCH3 is 1. The highest BCUT2D eigenvalue weighted by atomic mass is 32.2. The van der Waals surface area contributed by atoms with Gasteiger partial charge in [0.2, 0.25) is 0 Å². The Morgan fingerprint density at radius 1 is 1.35 bits per heavy atom. The van der Waals surface area contributed by atoms with Gasteiger partial charge in [0.05, 0.1) is 21.1 Å². The molecule has 2 unspecified atom stereocenters. The van der Waals surface area contributed by atoms with E-state index in [-0.39, 0.29) is 29.7 Å². The molecule has 1 aromatic carbocycles. The van der Waals surface area contributed by atoms with Gasteiger partial charge in [0.1, 0.15) is 17.9 Å². The van der Waals surface area contributed by atoms with Gasteiger partial charge < -0.3 is 9.47 Å². The summed E-state index contributed by atoms with van der Waals surface area (Å²) in [6, 6.07) is 8.29. The normalized spacial score (nSPS) is 22.6. The number of alkyl halides is 3. The van der Waals surface area contributed by atoms with Crippen molar-refractivity contribution in [1.29, 1.82) is 0 Å². The minimum Gasteiger partial charge on any atom is -0.372 e. The molecule has 1 aliphatic heterocycles. The molecule has 2 aromatic rings. The van der Waals surface area contributed by atoms with Gasteiger partial charge in [-0.3, -0.25) is 0 Å². The molecular weight excluding hydrogens is 453 g/mol. The Labute approximate surface area is 184 Å². The zero-order chi connectivity index (χ0) is 22.9. The third-order valence-corrected chi connectivity index (χ3v) is 8.78. The fourth-order valence-corrected chi connectivity index (χ4v) is 6.15. The summed E-state index contributed by atoms with van der Waals surface area (Å²) in [6.07, 6.45) is -4.49. The highest BCUT2D eigenvalue weighted by Crippen LogP contribution is 2.42. The molecule has 11 heteroatoms. The molecule has 0 saturated carbocycles. The van der Waals surface area contributed by atoms with Gasteiger partial charge >= 0.3 is 6.18 Å². The lowest BCUT2D eigenvalue weighted by Gasteiger charge is -2.37. The van der Waals surface area contributed by atoms with E-state index in [1.165, 1.54) is 17.9 Å². The van der Waals surface area contributed by atoms with E-state index in [1.54, 1.807) is 25.1 Å². The molecule has 1 aliphatic rings. The van der Waals surface area contributed by atoms with Crippen molar-refractivity contribution < 1.29 is 31.1 Å². The van der Waals surface area contributed by atoms with Crippen LogP contribution in [-0.4, -0.2) is 48.6 Å². The molecule has 172 valence electrons. The van der Waals surface area contributed by atoms with Crippen LogP contribution in [0.25, 0.3) is 0 Å². The molecule has 6 nitrogen and oxygen atoms in total. The van der Waals surface area contributed by atoms with Gasteiger partial charge in [-0.05, 0) is 50.5 Å². The van der Waals surface area contributed by atoms with Crippen LogP contribution in [0.15, 0.2) is 40.3 Å². The van der Waals surface area contributed by atoms with Crippen molar-refractivity contribution in [2.75, 3.05) is 19.5 Å². The molecule has 0 N–H and O–H groups in total. The van der Waals surface area contributed by atoms with Crippen LogP contribution in [0.3, 0.4) is 0 Å². The second-order valence-corrected chi connectivity index (χ2v) is 11.3. The first-order chi connectivity index (χ1) is 14.4. The van der Waals surface area contributed by atoms with Crippen LogP contribution < -0.4 is 0 Å². The molecular formula is C20H25F3N2O4S2. The Bertz CT molecular complexity index is 1020. The van der Waals surface area contributed by atoms with E-state index < -0.39 is 32.6 Å². The second kappa shape index (κ2) is 9.13. The van der Waals surface area contributed by atoms with Crippen LogP contribution >= 0.6 is 11.8 Å². The summed E-state index contributed by atoms with van der Waals surface area (Å²) in [6.45, 7) is 3.74. The minimum atomic E-state index is -4.32. The van der Waals surface area contributed by atoms with Crippen molar-refractivity contribution in [2.24, 2.45) is 0 Å². The van der Waals surface area contributed by atoms with Gasteiger partial charge in [-0.25, -0.2) is 13.1 Å². The number of halogens is 3. The van der Waals surface area contributed by atoms with Gasteiger partial charge in [-0.2, -0.15) is 18.3 Å². The Hall–Kier alpha value is -1.56. The van der Waals surface area contributed by atoms with E-state index >= 15 is 0 Å². The Morgan fingerprint density at radius 3 is 2.74 bits per heavy atom. The maximum Gasteiger partial charge on any atom is 0.398 e. The Balaban J connectivity index is 1.89. The van der Waals surface area contributed by atoms with Gasteiger partial charge in [-0.15, -0.1) is 0 Å². The van der Waals surface area contributed by atoms with Crippen molar-refractivity contribution in [1.82, 2.24) is 9.78 Å². The second-order valence-electron chi connectivity index (χ2n) is 7.81. The fraction of sp³-hybridized carbons (Fsp3) is 0.550. The van der Waals surface area contributed by atoms with Crippen molar-refractivity contribution in [2.45, 2.75) is 60.4 Å². The molecule has 2 heterocycles. The summed E-state index contributed by atoms with van der Waals surface area (Å²) in [5.41, 5.74) is 1.34. The summed E-state index contributed by atoms with van der Waals surface area (Å²) in [5.74, 6) is -1.07. The van der Waals surface area contributed by atoms with Crippen LogP contribution in [0.1, 0.15) is 37.1 Å². The van der Waals surface area contributed by atoms with E-state index in [2.05, 4.69) is 5.10 Å². The lowest BCUT2D eigenvalue weighted by atomic mass is 9.95. The van der Waals surface area contributed by atoms with Crippen molar-refractivity contribution >= 4 is 21.6 Å². The Kier molecular flexibility index (Phi) is 7.09. The average molecular weight is 479 g/mol. The predicted molar refractivity (Wildman–Crippen MR) is 111 cm³/mol. The monoisotopic (exact) mass is 478 g/mol.